The first-order valence-electron chi connectivity index (χ1n) is 4.58. The van der Waals surface area contributed by atoms with E-state index < -0.39 is 0 Å². The Kier molecular flexibility index (Phi) is 2.17. The molecule has 76 valence electrons. The van der Waals surface area contributed by atoms with Crippen molar-refractivity contribution in [2.45, 2.75) is 25.0 Å². The van der Waals surface area contributed by atoms with E-state index in [4.69, 9.17) is 10.8 Å². The maximum Gasteiger partial charge on any atom is 0.267 e. The Morgan fingerprint density at radius 2 is 2.36 bits per heavy atom. The number of nitrogens with two attached hydrogens (primary N) is 1. The molecule has 0 aliphatic heterocycles. The summed E-state index contributed by atoms with van der Waals surface area (Å²) in [5.74, 6) is -0.168. The average Bonchev–Trinajstić information content (AvgIpc) is 2.49. The third kappa shape index (κ3) is 1.72. The van der Waals surface area contributed by atoms with E-state index in [0.717, 1.165) is 0 Å². The summed E-state index contributed by atoms with van der Waals surface area (Å²) in [7, 11) is 0. The van der Waals surface area contributed by atoms with Crippen LogP contribution in [0.5, 0.6) is 0 Å². The van der Waals surface area contributed by atoms with Crippen LogP contribution in [-0.2, 0) is 0 Å². The van der Waals surface area contributed by atoms with Crippen LogP contribution in [0.25, 0.3) is 0 Å². The van der Waals surface area contributed by atoms with Gasteiger partial charge in [0.2, 0.25) is 0 Å². The Morgan fingerprint density at radius 1 is 1.64 bits per heavy atom. The fraction of sp³-hybridized carbons (Fsp3) is 0.444. The highest BCUT2D eigenvalue weighted by Gasteiger charge is 2.28. The van der Waals surface area contributed by atoms with Gasteiger partial charge in [-0.25, -0.2) is 0 Å². The summed E-state index contributed by atoms with van der Waals surface area (Å²) in [5.41, 5.74) is 6.47. The minimum absolute atomic E-state index is 0.0991. The van der Waals surface area contributed by atoms with Crippen LogP contribution in [0, 0.1) is 0 Å². The zero-order valence-corrected chi connectivity index (χ0v) is 7.66. The molecule has 1 heterocycles. The van der Waals surface area contributed by atoms with Crippen molar-refractivity contribution >= 4 is 11.6 Å². The summed E-state index contributed by atoms with van der Waals surface area (Å²) >= 11 is 0. The van der Waals surface area contributed by atoms with Gasteiger partial charge in [-0.3, -0.25) is 4.79 Å². The predicted molar refractivity (Wildman–Crippen MR) is 51.7 cm³/mol. The number of carbonyl (C=O) groups is 1. The number of aromatic amines is 1. The molecule has 0 bridgehead atoms. The van der Waals surface area contributed by atoms with Gasteiger partial charge in [0.25, 0.3) is 5.91 Å². The van der Waals surface area contributed by atoms with Crippen LogP contribution in [-0.4, -0.2) is 28.1 Å². The van der Waals surface area contributed by atoms with E-state index in [1.54, 1.807) is 12.3 Å². The van der Waals surface area contributed by atoms with Gasteiger partial charge >= 0.3 is 0 Å². The quantitative estimate of drug-likeness (QED) is 0.529. The second-order valence-electron chi connectivity index (χ2n) is 3.64. The lowest BCUT2D eigenvalue weighted by atomic mass is 9.89. The fourth-order valence-electron chi connectivity index (χ4n) is 1.51. The molecule has 0 saturated heterocycles. The van der Waals surface area contributed by atoms with Crippen molar-refractivity contribution in [3.63, 3.8) is 0 Å². The van der Waals surface area contributed by atoms with Gasteiger partial charge in [-0.05, 0) is 18.9 Å². The van der Waals surface area contributed by atoms with Crippen molar-refractivity contribution in [2.24, 2.45) is 0 Å². The van der Waals surface area contributed by atoms with Gasteiger partial charge in [-0.2, -0.15) is 0 Å². The maximum atomic E-state index is 11.5. The van der Waals surface area contributed by atoms with Crippen molar-refractivity contribution in [2.75, 3.05) is 5.73 Å². The number of nitrogen functional groups attached to an aromatic ring is 1. The highest BCUT2D eigenvalue weighted by atomic mass is 16.3. The van der Waals surface area contributed by atoms with E-state index in [1.807, 2.05) is 0 Å². The van der Waals surface area contributed by atoms with Gasteiger partial charge in [0, 0.05) is 17.9 Å². The zero-order valence-electron chi connectivity index (χ0n) is 7.66. The van der Waals surface area contributed by atoms with Gasteiger partial charge in [0.1, 0.15) is 5.69 Å². The largest absolute Gasteiger partial charge is 0.397 e. The summed E-state index contributed by atoms with van der Waals surface area (Å²) < 4.78 is 0. The Morgan fingerprint density at radius 3 is 2.86 bits per heavy atom. The summed E-state index contributed by atoms with van der Waals surface area (Å²) in [4.78, 5) is 14.3. The summed E-state index contributed by atoms with van der Waals surface area (Å²) in [6.45, 7) is 0. The van der Waals surface area contributed by atoms with E-state index in [1.165, 1.54) is 0 Å². The lowest BCUT2D eigenvalue weighted by Crippen LogP contribution is -2.46. The van der Waals surface area contributed by atoms with E-state index in [2.05, 4.69) is 10.3 Å². The molecule has 1 fully saturated rings. The molecule has 0 unspecified atom stereocenters. The van der Waals surface area contributed by atoms with Gasteiger partial charge in [-0.15, -0.1) is 0 Å². The van der Waals surface area contributed by atoms with Crippen molar-refractivity contribution in [1.82, 2.24) is 10.3 Å². The van der Waals surface area contributed by atoms with Crippen LogP contribution >= 0.6 is 0 Å². The highest BCUT2D eigenvalue weighted by Crippen LogP contribution is 2.19. The van der Waals surface area contributed by atoms with Crippen molar-refractivity contribution in [3.8, 4) is 0 Å². The number of H-pyrrole nitrogens is 1. The fourth-order valence-corrected chi connectivity index (χ4v) is 1.51. The van der Waals surface area contributed by atoms with Crippen LogP contribution in [0.3, 0.4) is 0 Å². The number of amides is 1. The van der Waals surface area contributed by atoms with Gasteiger partial charge in [0.15, 0.2) is 0 Å². The first-order valence-corrected chi connectivity index (χ1v) is 4.58. The van der Waals surface area contributed by atoms with Crippen molar-refractivity contribution in [1.29, 1.82) is 0 Å². The molecule has 0 aromatic carbocycles. The molecule has 0 radical (unpaired) electrons. The average molecular weight is 195 g/mol. The monoisotopic (exact) mass is 195 g/mol. The standard InChI is InChI=1S/C9H13N3O2/c10-5-1-8(11-4-5)9(14)12-6-2-7(13)3-6/h1,4,6-7,11,13H,2-3,10H2,(H,12,14). The molecular formula is C9H13N3O2. The van der Waals surface area contributed by atoms with E-state index >= 15 is 0 Å². The van der Waals surface area contributed by atoms with Crippen LogP contribution < -0.4 is 11.1 Å². The van der Waals surface area contributed by atoms with E-state index in [9.17, 15) is 4.79 Å². The second-order valence-corrected chi connectivity index (χ2v) is 3.64. The molecule has 1 aromatic rings. The number of aromatic nitrogens is 1. The van der Waals surface area contributed by atoms with E-state index in [0.29, 0.717) is 24.2 Å². The van der Waals surface area contributed by atoms with Crippen molar-refractivity contribution < 1.29 is 9.90 Å². The molecule has 5 heteroatoms. The van der Waals surface area contributed by atoms with Gasteiger partial charge in [0.05, 0.1) is 6.10 Å². The molecule has 1 aliphatic rings. The Labute approximate surface area is 81.3 Å². The minimum Gasteiger partial charge on any atom is -0.397 e. The molecule has 1 amide bonds. The molecular weight excluding hydrogens is 182 g/mol. The first-order chi connectivity index (χ1) is 6.65. The number of rotatable bonds is 2. The van der Waals surface area contributed by atoms with Crippen molar-refractivity contribution in [3.05, 3.63) is 18.0 Å². The molecule has 1 aromatic heterocycles. The number of anilines is 1. The van der Waals surface area contributed by atoms with Gasteiger partial charge in [-0.1, -0.05) is 0 Å². The first kappa shape index (κ1) is 9.08. The molecule has 14 heavy (non-hydrogen) atoms. The van der Waals surface area contributed by atoms with Crippen LogP contribution in [0.15, 0.2) is 12.3 Å². The maximum absolute atomic E-state index is 11.5. The van der Waals surface area contributed by atoms with Crippen LogP contribution in [0.1, 0.15) is 23.3 Å². The normalized spacial score (nSPS) is 25.5. The number of carbonyl (C=O) groups excluding carboxylic acids is 1. The SMILES string of the molecule is Nc1c[nH]c(C(=O)NC2CC(O)C2)c1. The van der Waals surface area contributed by atoms with Crippen LogP contribution in [0.4, 0.5) is 5.69 Å². The van der Waals surface area contributed by atoms with E-state index in [-0.39, 0.29) is 18.1 Å². The molecule has 5 nitrogen and oxygen atoms in total. The minimum atomic E-state index is -0.256. The molecule has 2 rings (SSSR count). The number of aliphatic hydroxyl groups excluding tert-OH is 1. The second kappa shape index (κ2) is 3.34. The Bertz CT molecular complexity index is 342. The summed E-state index contributed by atoms with van der Waals surface area (Å²) in [6, 6.07) is 1.69. The third-order valence-electron chi connectivity index (χ3n) is 2.40. The zero-order chi connectivity index (χ0) is 10.1. The smallest absolute Gasteiger partial charge is 0.267 e. The lowest BCUT2D eigenvalue weighted by Gasteiger charge is -2.31. The number of hydrogen-bond acceptors (Lipinski definition) is 3. The third-order valence-corrected chi connectivity index (χ3v) is 2.40. The highest BCUT2D eigenvalue weighted by molar-refractivity contribution is 5.93. The molecule has 5 N–H and O–H groups in total. The lowest BCUT2D eigenvalue weighted by molar-refractivity contribution is 0.0561. The Balaban J connectivity index is 1.90. The molecule has 1 saturated carbocycles. The predicted octanol–water partition coefficient (Wildman–Crippen LogP) is -0.150. The number of nitrogens with one attached hydrogen (secondary N) is 2. The topological polar surface area (TPSA) is 91.1 Å². The molecule has 0 atom stereocenters. The Hall–Kier alpha value is -1.49. The molecule has 0 spiro atoms. The summed E-state index contributed by atoms with van der Waals surface area (Å²) in [5, 5.41) is 11.8. The molecule has 1 aliphatic carbocycles. The van der Waals surface area contributed by atoms with Gasteiger partial charge < -0.3 is 21.1 Å². The number of aliphatic hydroxyl groups is 1. The number of hydrogen-bond donors (Lipinski definition) is 4. The van der Waals surface area contributed by atoms with Crippen LogP contribution in [0.2, 0.25) is 0 Å². The summed E-state index contributed by atoms with van der Waals surface area (Å²) in [6.07, 6.45) is 2.60.